The van der Waals surface area contributed by atoms with Gasteiger partial charge in [-0.05, 0) is 26.3 Å². The number of carbonyl (C=O) groups excluding carboxylic acids is 1. The van der Waals surface area contributed by atoms with Gasteiger partial charge in [0.05, 0.1) is 0 Å². The Morgan fingerprint density at radius 1 is 1.37 bits per heavy atom. The van der Waals surface area contributed by atoms with E-state index in [4.69, 9.17) is 4.74 Å². The molecule has 1 heterocycles. The third kappa shape index (κ3) is 6.49. The van der Waals surface area contributed by atoms with Gasteiger partial charge in [-0.1, -0.05) is 12.2 Å². The summed E-state index contributed by atoms with van der Waals surface area (Å²) in [6.07, 6.45) is 2.48. The second kappa shape index (κ2) is 6.26. The Labute approximate surface area is 110 Å². The number of amides is 1. The van der Waals surface area contributed by atoms with Crippen LogP contribution in [-0.4, -0.2) is 23.2 Å². The lowest BCUT2D eigenvalue weighted by atomic mass is 10.2. The first-order chi connectivity index (χ1) is 8.76. The number of ether oxygens (including phenoxy) is 1. The monoisotopic (exact) mass is 270 g/mol. The molecule has 1 aromatic rings. The van der Waals surface area contributed by atoms with Gasteiger partial charge in [0.15, 0.2) is 0 Å². The van der Waals surface area contributed by atoms with E-state index in [1.165, 1.54) is 6.08 Å². The zero-order chi connectivity index (χ0) is 14.5. The molecule has 0 saturated carbocycles. The molecule has 0 fully saturated rings. The van der Waals surface area contributed by atoms with Gasteiger partial charge < -0.3 is 10.1 Å². The van der Waals surface area contributed by atoms with E-state index in [0.717, 1.165) is 12.1 Å². The summed E-state index contributed by atoms with van der Waals surface area (Å²) in [7, 11) is 0. The lowest BCUT2D eigenvalue weighted by molar-refractivity contribution is 0.0534. The molecule has 104 valence electrons. The number of pyridine rings is 1. The van der Waals surface area contributed by atoms with Crippen LogP contribution in [0.15, 0.2) is 18.2 Å². The minimum absolute atomic E-state index is 0.195. The Balaban J connectivity index is 2.44. The fraction of sp³-hybridized carbons (Fsp3) is 0.385. The summed E-state index contributed by atoms with van der Waals surface area (Å²) < 4.78 is 30.6. The highest BCUT2D eigenvalue weighted by molar-refractivity contribution is 5.68. The number of halogens is 2. The van der Waals surface area contributed by atoms with Gasteiger partial charge in [-0.3, -0.25) is 0 Å². The van der Waals surface area contributed by atoms with Crippen LogP contribution < -0.4 is 5.32 Å². The molecule has 1 N–H and O–H groups in total. The molecule has 0 radical (unpaired) electrons. The fourth-order valence-corrected chi connectivity index (χ4v) is 1.23. The highest BCUT2D eigenvalue weighted by Crippen LogP contribution is 2.07. The van der Waals surface area contributed by atoms with Crippen molar-refractivity contribution in [3.63, 3.8) is 0 Å². The minimum atomic E-state index is -0.889. The zero-order valence-corrected chi connectivity index (χ0v) is 11.0. The first-order valence-electron chi connectivity index (χ1n) is 5.73. The highest BCUT2D eigenvalue weighted by Gasteiger charge is 2.14. The van der Waals surface area contributed by atoms with Crippen LogP contribution in [0.4, 0.5) is 13.6 Å². The average molecular weight is 270 g/mol. The smallest absolute Gasteiger partial charge is 0.407 e. The van der Waals surface area contributed by atoms with Crippen molar-refractivity contribution in [2.45, 2.75) is 26.4 Å². The van der Waals surface area contributed by atoms with Gasteiger partial charge in [0.25, 0.3) is 0 Å². The molecule has 1 rings (SSSR count). The number of hydrogen-bond acceptors (Lipinski definition) is 3. The summed E-state index contributed by atoms with van der Waals surface area (Å²) in [5.74, 6) is -1.78. The van der Waals surface area contributed by atoms with E-state index in [2.05, 4.69) is 10.3 Å². The molecule has 19 heavy (non-hydrogen) atoms. The predicted octanol–water partition coefficient (Wildman–Crippen LogP) is 2.90. The normalized spacial score (nSPS) is 11.6. The zero-order valence-electron chi connectivity index (χ0n) is 11.0. The van der Waals surface area contributed by atoms with Gasteiger partial charge in [0.2, 0.25) is 11.9 Å². The first kappa shape index (κ1) is 15.1. The molecule has 1 amide bonds. The number of carbonyl (C=O) groups is 1. The van der Waals surface area contributed by atoms with E-state index in [1.54, 1.807) is 26.8 Å². The maximum atomic E-state index is 12.8. The molecule has 6 heteroatoms. The molecule has 0 unspecified atom stereocenters. The van der Waals surface area contributed by atoms with Gasteiger partial charge in [-0.25, -0.2) is 4.79 Å². The Morgan fingerprint density at radius 2 is 1.95 bits per heavy atom. The van der Waals surface area contributed by atoms with Crippen LogP contribution in [0.2, 0.25) is 0 Å². The largest absolute Gasteiger partial charge is 0.444 e. The molecule has 0 aromatic carbocycles. The van der Waals surface area contributed by atoms with E-state index >= 15 is 0 Å². The molecule has 0 atom stereocenters. The summed E-state index contributed by atoms with van der Waals surface area (Å²) in [5.41, 5.74) is -0.235. The standard InChI is InChI=1S/C13H16F2N2O2/c1-13(2,3)19-12(18)16-6-4-5-9-7-10(14)17-11(15)8-9/h4-5,7-8H,6H2,1-3H3,(H,16,18). The molecule has 0 bridgehead atoms. The van der Waals surface area contributed by atoms with E-state index in [0.29, 0.717) is 5.56 Å². The molecule has 0 aliphatic carbocycles. The Bertz CT molecular complexity index is 462. The number of alkyl carbamates (subject to hydrolysis) is 1. The van der Waals surface area contributed by atoms with Crippen LogP contribution in [-0.2, 0) is 4.74 Å². The van der Waals surface area contributed by atoms with Gasteiger partial charge >= 0.3 is 6.09 Å². The van der Waals surface area contributed by atoms with Crippen molar-refractivity contribution in [1.29, 1.82) is 0 Å². The summed E-state index contributed by atoms with van der Waals surface area (Å²) >= 11 is 0. The highest BCUT2D eigenvalue weighted by atomic mass is 19.1. The van der Waals surface area contributed by atoms with Crippen molar-refractivity contribution >= 4 is 12.2 Å². The molecule has 0 aliphatic rings. The fourth-order valence-electron chi connectivity index (χ4n) is 1.23. The third-order valence-corrected chi connectivity index (χ3v) is 1.86. The summed E-state index contributed by atoms with van der Waals surface area (Å²) in [6.45, 7) is 5.46. The number of nitrogens with one attached hydrogen (secondary N) is 1. The van der Waals surface area contributed by atoms with Crippen molar-refractivity contribution in [2.75, 3.05) is 6.54 Å². The predicted molar refractivity (Wildman–Crippen MR) is 67.4 cm³/mol. The molecule has 0 saturated heterocycles. The lowest BCUT2D eigenvalue weighted by Gasteiger charge is -2.19. The Hall–Kier alpha value is -1.98. The van der Waals surface area contributed by atoms with Crippen molar-refractivity contribution in [1.82, 2.24) is 10.3 Å². The maximum absolute atomic E-state index is 12.8. The number of aromatic nitrogens is 1. The van der Waals surface area contributed by atoms with Crippen molar-refractivity contribution in [3.8, 4) is 0 Å². The molecule has 1 aromatic heterocycles. The summed E-state index contributed by atoms with van der Waals surface area (Å²) in [4.78, 5) is 14.3. The van der Waals surface area contributed by atoms with Crippen LogP contribution >= 0.6 is 0 Å². The summed E-state index contributed by atoms with van der Waals surface area (Å²) in [6, 6.07) is 2.18. The molecular formula is C13H16F2N2O2. The maximum Gasteiger partial charge on any atom is 0.407 e. The molecule has 0 aliphatic heterocycles. The van der Waals surface area contributed by atoms with Crippen molar-refractivity contribution in [2.24, 2.45) is 0 Å². The number of nitrogens with zero attached hydrogens (tertiary/aromatic N) is 1. The van der Waals surface area contributed by atoms with E-state index < -0.39 is 23.6 Å². The van der Waals surface area contributed by atoms with E-state index in [1.807, 2.05) is 0 Å². The van der Waals surface area contributed by atoms with Crippen LogP contribution in [0.25, 0.3) is 6.08 Å². The van der Waals surface area contributed by atoms with Crippen LogP contribution in [0.1, 0.15) is 26.3 Å². The number of rotatable bonds is 3. The number of hydrogen-bond donors (Lipinski definition) is 1. The third-order valence-electron chi connectivity index (χ3n) is 1.86. The Kier molecular flexibility index (Phi) is 4.97. The molecular weight excluding hydrogens is 254 g/mol. The Morgan fingerprint density at radius 3 is 2.47 bits per heavy atom. The minimum Gasteiger partial charge on any atom is -0.444 e. The van der Waals surface area contributed by atoms with Gasteiger partial charge in [-0.15, -0.1) is 0 Å². The van der Waals surface area contributed by atoms with Gasteiger partial charge in [0.1, 0.15) is 5.60 Å². The SMILES string of the molecule is CC(C)(C)OC(=O)NCC=Cc1cc(F)nc(F)c1. The lowest BCUT2D eigenvalue weighted by Crippen LogP contribution is -2.32. The van der Waals surface area contributed by atoms with Crippen LogP contribution in [0.3, 0.4) is 0 Å². The van der Waals surface area contributed by atoms with Crippen LogP contribution in [0, 0.1) is 11.9 Å². The van der Waals surface area contributed by atoms with Crippen LogP contribution in [0.5, 0.6) is 0 Å². The quantitative estimate of drug-likeness (QED) is 0.859. The summed E-state index contributed by atoms with van der Waals surface area (Å²) in [5, 5.41) is 2.49. The topological polar surface area (TPSA) is 51.2 Å². The first-order valence-corrected chi connectivity index (χ1v) is 5.73. The van der Waals surface area contributed by atoms with Gasteiger partial charge in [0, 0.05) is 18.7 Å². The van der Waals surface area contributed by atoms with E-state index in [9.17, 15) is 13.6 Å². The van der Waals surface area contributed by atoms with Gasteiger partial charge in [-0.2, -0.15) is 13.8 Å². The molecule has 4 nitrogen and oxygen atoms in total. The average Bonchev–Trinajstić information content (AvgIpc) is 2.20. The second-order valence-electron chi connectivity index (χ2n) is 4.83. The molecule has 0 spiro atoms. The van der Waals surface area contributed by atoms with E-state index in [-0.39, 0.29) is 6.54 Å². The van der Waals surface area contributed by atoms with Crippen molar-refractivity contribution < 1.29 is 18.3 Å². The van der Waals surface area contributed by atoms with Crippen molar-refractivity contribution in [3.05, 3.63) is 35.7 Å². The second-order valence-corrected chi connectivity index (χ2v) is 4.83.